The van der Waals surface area contributed by atoms with Gasteiger partial charge >= 0.3 is 6.18 Å². The number of hydrogen-bond donors (Lipinski definition) is 1. The van der Waals surface area contributed by atoms with Crippen molar-refractivity contribution in [1.82, 2.24) is 9.97 Å². The topological polar surface area (TPSA) is 63.1 Å². The van der Waals surface area contributed by atoms with Crippen molar-refractivity contribution in [2.45, 2.75) is 31.5 Å². The quantitative estimate of drug-likeness (QED) is 0.360. The minimum atomic E-state index is -4.61. The first-order valence-corrected chi connectivity index (χ1v) is 10.4. The molecule has 0 radical (unpaired) electrons. The van der Waals surface area contributed by atoms with Crippen molar-refractivity contribution in [2.75, 3.05) is 0 Å². The lowest BCUT2D eigenvalue weighted by atomic mass is 9.85. The molecule has 2 aromatic carbocycles. The molecule has 2 atom stereocenters. The molecule has 0 aliphatic heterocycles. The Balaban J connectivity index is 1.76. The molecule has 33 heavy (non-hydrogen) atoms. The first-order valence-electron chi connectivity index (χ1n) is 10.4. The number of pyridine rings is 2. The highest BCUT2D eigenvalue weighted by Crippen LogP contribution is 2.38. The van der Waals surface area contributed by atoms with Gasteiger partial charge < -0.3 is 5.11 Å². The number of hydrogen-bond acceptors (Lipinski definition) is 4. The van der Waals surface area contributed by atoms with Gasteiger partial charge in [-0.25, -0.2) is 0 Å². The maximum atomic E-state index is 13.8. The van der Waals surface area contributed by atoms with Crippen molar-refractivity contribution in [2.24, 2.45) is 0 Å². The maximum Gasteiger partial charge on any atom is 0.418 e. The molecular weight excluding hydrogens is 429 g/mol. The van der Waals surface area contributed by atoms with Gasteiger partial charge in [0.2, 0.25) is 0 Å². The summed E-state index contributed by atoms with van der Waals surface area (Å²) in [6.45, 7) is 1.60. The van der Waals surface area contributed by atoms with Crippen LogP contribution < -0.4 is 0 Å². The van der Waals surface area contributed by atoms with E-state index in [-0.39, 0.29) is 17.9 Å². The Bertz CT molecular complexity index is 1280. The molecule has 1 unspecified atom stereocenters. The molecule has 0 bridgehead atoms. The van der Waals surface area contributed by atoms with E-state index in [2.05, 4.69) is 9.97 Å². The minimum absolute atomic E-state index is 0.202. The van der Waals surface area contributed by atoms with Gasteiger partial charge in [0.1, 0.15) is 0 Å². The van der Waals surface area contributed by atoms with Gasteiger partial charge in [-0.05, 0) is 42.3 Å². The van der Waals surface area contributed by atoms with Crippen LogP contribution in [0.2, 0.25) is 0 Å². The normalized spacial score (nSPS) is 13.6. The first kappa shape index (κ1) is 22.6. The summed E-state index contributed by atoms with van der Waals surface area (Å²) in [5, 5.41) is 10.6. The van der Waals surface area contributed by atoms with Crippen LogP contribution in [-0.2, 0) is 6.18 Å². The number of alkyl halides is 3. The van der Waals surface area contributed by atoms with E-state index in [1.807, 2.05) is 6.07 Å². The number of rotatable bonds is 6. The van der Waals surface area contributed by atoms with E-state index in [1.54, 1.807) is 61.7 Å². The average molecular weight is 450 g/mol. The van der Waals surface area contributed by atoms with Crippen LogP contribution in [-0.4, -0.2) is 20.9 Å². The number of Topliss-reactive ketones (excluding diaryl/α,β-unsaturated/α-hetero) is 1. The van der Waals surface area contributed by atoms with Gasteiger partial charge in [0, 0.05) is 35.7 Å². The molecule has 2 heterocycles. The highest BCUT2D eigenvalue weighted by atomic mass is 19.4. The highest BCUT2D eigenvalue weighted by molar-refractivity contribution is 5.99. The number of halogens is 3. The van der Waals surface area contributed by atoms with Crippen LogP contribution in [0.25, 0.3) is 10.9 Å². The fourth-order valence-corrected chi connectivity index (χ4v) is 3.86. The van der Waals surface area contributed by atoms with Crippen molar-refractivity contribution in [3.8, 4) is 0 Å². The molecule has 0 saturated heterocycles. The lowest BCUT2D eigenvalue weighted by molar-refractivity contribution is -0.138. The summed E-state index contributed by atoms with van der Waals surface area (Å²) in [4.78, 5) is 21.5. The van der Waals surface area contributed by atoms with E-state index < -0.39 is 23.8 Å². The third-order valence-electron chi connectivity index (χ3n) is 5.61. The van der Waals surface area contributed by atoms with Gasteiger partial charge in [-0.15, -0.1) is 0 Å². The monoisotopic (exact) mass is 450 g/mol. The van der Waals surface area contributed by atoms with Gasteiger partial charge in [0.25, 0.3) is 0 Å². The summed E-state index contributed by atoms with van der Waals surface area (Å²) < 4.78 is 41.3. The number of ketones is 1. The lowest BCUT2D eigenvalue weighted by Crippen LogP contribution is -2.17. The minimum Gasteiger partial charge on any atom is -0.389 e. The second-order valence-corrected chi connectivity index (χ2v) is 7.87. The summed E-state index contributed by atoms with van der Waals surface area (Å²) in [7, 11) is 0. The molecule has 2 aromatic heterocycles. The summed E-state index contributed by atoms with van der Waals surface area (Å²) in [6.07, 6.45) is -2.62. The number of benzene rings is 2. The second kappa shape index (κ2) is 9.11. The van der Waals surface area contributed by atoms with Crippen molar-refractivity contribution in [3.05, 3.63) is 107 Å². The molecule has 1 N–H and O–H groups in total. The Morgan fingerprint density at radius 3 is 2.30 bits per heavy atom. The Kier molecular flexibility index (Phi) is 6.24. The third kappa shape index (κ3) is 4.93. The van der Waals surface area contributed by atoms with Crippen molar-refractivity contribution in [1.29, 1.82) is 0 Å². The summed E-state index contributed by atoms with van der Waals surface area (Å²) in [5.74, 6) is -1.23. The van der Waals surface area contributed by atoms with Crippen molar-refractivity contribution >= 4 is 16.7 Å². The van der Waals surface area contributed by atoms with Crippen LogP contribution in [0.15, 0.2) is 79.1 Å². The van der Waals surface area contributed by atoms with Gasteiger partial charge in [0.15, 0.2) is 5.78 Å². The van der Waals surface area contributed by atoms with Gasteiger partial charge in [-0.1, -0.05) is 42.5 Å². The van der Waals surface area contributed by atoms with E-state index >= 15 is 0 Å². The van der Waals surface area contributed by atoms with E-state index in [1.165, 1.54) is 12.3 Å². The SMILES string of the molecule is CC(O)c1ccc([C@H](CC(=O)c2ccc3cccnc3c2)c2ncccc2C(F)(F)F)cc1. The number of carbonyl (C=O) groups excluding carboxylic acids is 1. The highest BCUT2D eigenvalue weighted by Gasteiger charge is 2.37. The number of carbonyl (C=O) groups is 1. The number of aliphatic hydroxyl groups excluding tert-OH is 1. The zero-order valence-corrected chi connectivity index (χ0v) is 17.8. The largest absolute Gasteiger partial charge is 0.418 e. The number of aliphatic hydroxyl groups is 1. The van der Waals surface area contributed by atoms with Crippen molar-refractivity contribution in [3.63, 3.8) is 0 Å². The molecule has 168 valence electrons. The van der Waals surface area contributed by atoms with Gasteiger partial charge in [-0.2, -0.15) is 13.2 Å². The molecule has 0 fully saturated rings. The average Bonchev–Trinajstić information content (AvgIpc) is 2.81. The first-order chi connectivity index (χ1) is 15.7. The van der Waals surface area contributed by atoms with Gasteiger partial charge in [0.05, 0.1) is 22.9 Å². The van der Waals surface area contributed by atoms with Crippen LogP contribution in [0.3, 0.4) is 0 Å². The zero-order chi connectivity index (χ0) is 23.6. The predicted octanol–water partition coefficient (Wildman–Crippen LogP) is 6.11. The fourth-order valence-electron chi connectivity index (χ4n) is 3.86. The number of aromatic nitrogens is 2. The smallest absolute Gasteiger partial charge is 0.389 e. The van der Waals surface area contributed by atoms with E-state index in [0.29, 0.717) is 22.2 Å². The Labute approximate surface area is 188 Å². The van der Waals surface area contributed by atoms with Gasteiger partial charge in [-0.3, -0.25) is 14.8 Å². The Morgan fingerprint density at radius 2 is 1.61 bits per heavy atom. The molecule has 4 aromatic rings. The van der Waals surface area contributed by atoms with Crippen LogP contribution in [0.5, 0.6) is 0 Å². The van der Waals surface area contributed by atoms with Crippen LogP contribution in [0, 0.1) is 0 Å². The number of nitrogens with zero attached hydrogens (tertiary/aromatic N) is 2. The van der Waals surface area contributed by atoms with Crippen molar-refractivity contribution < 1.29 is 23.1 Å². The van der Waals surface area contributed by atoms with Crippen LogP contribution in [0.4, 0.5) is 13.2 Å². The molecular formula is C26H21F3N2O2. The van der Waals surface area contributed by atoms with Crippen LogP contribution >= 0.6 is 0 Å². The molecule has 0 amide bonds. The van der Waals surface area contributed by atoms with E-state index in [0.717, 1.165) is 11.5 Å². The lowest BCUT2D eigenvalue weighted by Gasteiger charge is -2.21. The fraction of sp³-hybridized carbons (Fsp3) is 0.192. The number of fused-ring (bicyclic) bond motifs is 1. The molecule has 0 aliphatic rings. The second-order valence-electron chi connectivity index (χ2n) is 7.87. The molecule has 0 aliphatic carbocycles. The summed E-state index contributed by atoms with van der Waals surface area (Å²) >= 11 is 0. The third-order valence-corrected chi connectivity index (χ3v) is 5.61. The van der Waals surface area contributed by atoms with Crippen LogP contribution in [0.1, 0.15) is 58.1 Å². The standard InChI is InChI=1S/C26H21F3N2O2/c1-16(32)17-6-8-18(9-7-17)21(25-22(26(27,28)29)5-3-13-31-25)15-24(33)20-11-10-19-4-2-12-30-23(19)14-20/h2-14,16,21,32H,15H2,1H3/t16?,21-/m0/s1. The Hall–Kier alpha value is -3.58. The van der Waals surface area contributed by atoms with E-state index in [9.17, 15) is 23.1 Å². The zero-order valence-electron chi connectivity index (χ0n) is 17.8. The molecule has 4 nitrogen and oxygen atoms in total. The van der Waals surface area contributed by atoms with E-state index in [4.69, 9.17) is 0 Å². The molecule has 7 heteroatoms. The summed E-state index contributed by atoms with van der Waals surface area (Å²) in [6, 6.07) is 17.5. The maximum absolute atomic E-state index is 13.8. The summed E-state index contributed by atoms with van der Waals surface area (Å²) in [5.41, 5.74) is 1.06. The predicted molar refractivity (Wildman–Crippen MR) is 119 cm³/mol. The molecule has 0 spiro atoms. The Morgan fingerprint density at radius 1 is 0.939 bits per heavy atom. The molecule has 4 rings (SSSR count). The molecule has 0 saturated carbocycles.